The molecule has 1 aliphatic rings. The maximum absolute atomic E-state index is 5.73. The van der Waals surface area contributed by atoms with E-state index in [-0.39, 0.29) is 5.92 Å². The zero-order valence-corrected chi connectivity index (χ0v) is 12.0. The van der Waals surface area contributed by atoms with E-state index in [0.29, 0.717) is 0 Å². The number of rotatable bonds is 4. The number of hydrogen-bond acceptors (Lipinski definition) is 4. The lowest BCUT2D eigenvalue weighted by molar-refractivity contribution is 0.273. The van der Waals surface area contributed by atoms with Crippen molar-refractivity contribution in [1.82, 2.24) is 14.8 Å². The summed E-state index contributed by atoms with van der Waals surface area (Å²) in [5, 5.41) is 12.0. The van der Waals surface area contributed by atoms with Crippen LogP contribution in [0.1, 0.15) is 37.6 Å². The van der Waals surface area contributed by atoms with Crippen LogP contribution in [0.2, 0.25) is 0 Å². The zero-order chi connectivity index (χ0) is 13.9. The van der Waals surface area contributed by atoms with E-state index in [4.69, 9.17) is 4.74 Å². The van der Waals surface area contributed by atoms with Crippen molar-refractivity contribution in [1.29, 1.82) is 0 Å². The van der Waals surface area contributed by atoms with Crippen LogP contribution in [0.3, 0.4) is 0 Å². The van der Waals surface area contributed by atoms with Gasteiger partial charge in [-0.05, 0) is 26.3 Å². The second-order valence-corrected chi connectivity index (χ2v) is 4.88. The molecule has 0 radical (unpaired) electrons. The minimum atomic E-state index is 0.264. The summed E-state index contributed by atoms with van der Waals surface area (Å²) in [6.07, 6.45) is 0.946. The van der Waals surface area contributed by atoms with Crippen molar-refractivity contribution in [2.24, 2.45) is 0 Å². The van der Waals surface area contributed by atoms with E-state index in [1.54, 1.807) is 0 Å². The average Bonchev–Trinajstić information content (AvgIpc) is 2.89. The topological polar surface area (TPSA) is 52.0 Å². The molecule has 1 aromatic carbocycles. The third-order valence-electron chi connectivity index (χ3n) is 3.70. The number of benzene rings is 1. The lowest BCUT2D eigenvalue weighted by atomic mass is 9.92. The van der Waals surface area contributed by atoms with Crippen LogP contribution < -0.4 is 10.1 Å². The molecular formula is C15H20N4O. The Morgan fingerprint density at radius 1 is 1.30 bits per heavy atom. The summed E-state index contributed by atoms with van der Waals surface area (Å²) in [7, 11) is 0. The lowest BCUT2D eigenvalue weighted by Gasteiger charge is -2.25. The van der Waals surface area contributed by atoms with E-state index in [0.717, 1.165) is 43.6 Å². The predicted octanol–water partition coefficient (Wildman–Crippen LogP) is 2.64. The Balaban J connectivity index is 2.02. The van der Waals surface area contributed by atoms with Gasteiger partial charge in [-0.2, -0.15) is 0 Å². The Labute approximate surface area is 119 Å². The van der Waals surface area contributed by atoms with Crippen molar-refractivity contribution in [2.75, 3.05) is 18.5 Å². The van der Waals surface area contributed by atoms with Gasteiger partial charge in [0.05, 0.1) is 12.5 Å². The molecule has 5 heteroatoms. The first-order chi connectivity index (χ1) is 9.85. The second kappa shape index (κ2) is 5.53. The normalized spacial score (nSPS) is 17.4. The molecule has 5 nitrogen and oxygen atoms in total. The van der Waals surface area contributed by atoms with Crippen LogP contribution in [0.4, 0.5) is 5.95 Å². The SMILES string of the molecule is CCNc1nnc(C2CCOc3ccccc32)n1CC. The number of para-hydroxylation sites is 1. The van der Waals surface area contributed by atoms with E-state index < -0.39 is 0 Å². The van der Waals surface area contributed by atoms with E-state index in [2.05, 4.69) is 46.1 Å². The highest BCUT2D eigenvalue weighted by molar-refractivity contribution is 5.42. The third-order valence-corrected chi connectivity index (χ3v) is 3.70. The molecule has 0 aliphatic carbocycles. The summed E-state index contributed by atoms with van der Waals surface area (Å²) in [5.41, 5.74) is 1.21. The van der Waals surface area contributed by atoms with Gasteiger partial charge in [-0.1, -0.05) is 18.2 Å². The molecular weight excluding hydrogens is 252 g/mol. The Kier molecular flexibility index (Phi) is 3.58. The Morgan fingerprint density at radius 2 is 2.15 bits per heavy atom. The fourth-order valence-electron chi connectivity index (χ4n) is 2.78. The third kappa shape index (κ3) is 2.13. The highest BCUT2D eigenvalue weighted by atomic mass is 16.5. The van der Waals surface area contributed by atoms with Crippen molar-refractivity contribution >= 4 is 5.95 Å². The van der Waals surface area contributed by atoms with Crippen LogP contribution in [0.25, 0.3) is 0 Å². The predicted molar refractivity (Wildman–Crippen MR) is 78.3 cm³/mol. The molecule has 0 saturated carbocycles. The smallest absolute Gasteiger partial charge is 0.224 e. The van der Waals surface area contributed by atoms with Crippen LogP contribution >= 0.6 is 0 Å². The molecule has 20 heavy (non-hydrogen) atoms. The zero-order valence-electron chi connectivity index (χ0n) is 12.0. The molecule has 3 rings (SSSR count). The van der Waals surface area contributed by atoms with Gasteiger partial charge in [-0.25, -0.2) is 0 Å². The number of ether oxygens (including phenoxy) is 1. The van der Waals surface area contributed by atoms with E-state index in [1.165, 1.54) is 5.56 Å². The number of nitrogens with one attached hydrogen (secondary N) is 1. The van der Waals surface area contributed by atoms with E-state index >= 15 is 0 Å². The summed E-state index contributed by atoms with van der Waals surface area (Å²) in [4.78, 5) is 0. The number of hydrogen-bond donors (Lipinski definition) is 1. The monoisotopic (exact) mass is 272 g/mol. The van der Waals surface area contributed by atoms with E-state index in [9.17, 15) is 0 Å². The lowest BCUT2D eigenvalue weighted by Crippen LogP contribution is -2.19. The van der Waals surface area contributed by atoms with Gasteiger partial charge in [-0.15, -0.1) is 10.2 Å². The Bertz CT molecular complexity index is 593. The van der Waals surface area contributed by atoms with E-state index in [1.807, 2.05) is 12.1 Å². The molecule has 0 amide bonds. The summed E-state index contributed by atoms with van der Waals surface area (Å²) >= 11 is 0. The van der Waals surface area contributed by atoms with Gasteiger partial charge < -0.3 is 10.1 Å². The molecule has 2 aromatic rings. The first kappa shape index (κ1) is 13.0. The molecule has 0 saturated heterocycles. The molecule has 2 heterocycles. The van der Waals surface area contributed by atoms with Gasteiger partial charge in [0, 0.05) is 18.7 Å². The maximum atomic E-state index is 5.73. The molecule has 1 aromatic heterocycles. The Hall–Kier alpha value is -2.04. The molecule has 0 spiro atoms. The molecule has 0 bridgehead atoms. The summed E-state index contributed by atoms with van der Waals surface area (Å²) < 4.78 is 7.89. The van der Waals surface area contributed by atoms with Crippen LogP contribution in [0.15, 0.2) is 24.3 Å². The largest absolute Gasteiger partial charge is 0.493 e. The van der Waals surface area contributed by atoms with Crippen LogP contribution in [0, 0.1) is 0 Å². The molecule has 1 N–H and O–H groups in total. The van der Waals surface area contributed by atoms with Gasteiger partial charge in [0.2, 0.25) is 5.95 Å². The van der Waals surface area contributed by atoms with Crippen molar-refractivity contribution in [3.8, 4) is 5.75 Å². The quantitative estimate of drug-likeness (QED) is 0.929. The number of aromatic nitrogens is 3. The number of nitrogens with zero attached hydrogens (tertiary/aromatic N) is 3. The van der Waals surface area contributed by atoms with Gasteiger partial charge in [0.15, 0.2) is 0 Å². The molecule has 106 valence electrons. The fourth-order valence-corrected chi connectivity index (χ4v) is 2.78. The van der Waals surface area contributed by atoms with Gasteiger partial charge in [0.25, 0.3) is 0 Å². The average molecular weight is 272 g/mol. The standard InChI is InChI=1S/C15H20N4O/c1-3-16-15-18-17-14(19(15)4-2)12-9-10-20-13-8-6-5-7-11(12)13/h5-8,12H,3-4,9-10H2,1-2H3,(H,16,18). The van der Waals surface area contributed by atoms with Crippen molar-refractivity contribution in [3.63, 3.8) is 0 Å². The second-order valence-electron chi connectivity index (χ2n) is 4.88. The highest BCUT2D eigenvalue weighted by Gasteiger charge is 2.27. The van der Waals surface area contributed by atoms with Gasteiger partial charge in [0.1, 0.15) is 11.6 Å². The molecule has 1 atom stereocenters. The first-order valence-electron chi connectivity index (χ1n) is 7.23. The van der Waals surface area contributed by atoms with Crippen molar-refractivity contribution in [3.05, 3.63) is 35.7 Å². The fraction of sp³-hybridized carbons (Fsp3) is 0.467. The Morgan fingerprint density at radius 3 is 2.95 bits per heavy atom. The van der Waals surface area contributed by atoms with Crippen LogP contribution in [-0.4, -0.2) is 27.9 Å². The summed E-state index contributed by atoms with van der Waals surface area (Å²) in [5.74, 6) is 3.12. The first-order valence-corrected chi connectivity index (χ1v) is 7.23. The highest BCUT2D eigenvalue weighted by Crippen LogP contribution is 2.37. The summed E-state index contributed by atoms with van der Waals surface area (Å²) in [6.45, 7) is 6.64. The number of anilines is 1. The van der Waals surface area contributed by atoms with Gasteiger partial charge >= 0.3 is 0 Å². The molecule has 1 aliphatic heterocycles. The minimum Gasteiger partial charge on any atom is -0.493 e. The summed E-state index contributed by atoms with van der Waals surface area (Å²) in [6, 6.07) is 8.22. The number of fused-ring (bicyclic) bond motifs is 1. The van der Waals surface area contributed by atoms with Crippen LogP contribution in [-0.2, 0) is 6.54 Å². The maximum Gasteiger partial charge on any atom is 0.224 e. The van der Waals surface area contributed by atoms with Crippen molar-refractivity contribution in [2.45, 2.75) is 32.7 Å². The van der Waals surface area contributed by atoms with Crippen LogP contribution in [0.5, 0.6) is 5.75 Å². The molecule has 0 fully saturated rings. The minimum absolute atomic E-state index is 0.264. The van der Waals surface area contributed by atoms with Gasteiger partial charge in [-0.3, -0.25) is 4.57 Å². The molecule has 1 unspecified atom stereocenters. The van der Waals surface area contributed by atoms with Crippen molar-refractivity contribution < 1.29 is 4.74 Å².